The fraction of sp³-hybridized carbons (Fsp3) is 1.00. The fourth-order valence-electron chi connectivity index (χ4n) is 1.92. The van der Waals surface area contributed by atoms with Gasteiger partial charge in [0.05, 0.1) is 6.10 Å². The van der Waals surface area contributed by atoms with Crippen molar-refractivity contribution in [1.82, 2.24) is 0 Å². The molecule has 0 aromatic carbocycles. The van der Waals surface area contributed by atoms with Crippen molar-refractivity contribution in [2.75, 3.05) is 0 Å². The Hall–Kier alpha value is -0.200. The smallest absolute Gasteiger partial charge is 0.190 e. The number of aliphatic hydroxyl groups excluding tert-OH is 2. The van der Waals surface area contributed by atoms with Crippen LogP contribution in [0.25, 0.3) is 0 Å². The van der Waals surface area contributed by atoms with E-state index in [0.717, 1.165) is 0 Å². The minimum absolute atomic E-state index is 0.496. The van der Waals surface area contributed by atoms with Crippen LogP contribution in [-0.4, -0.2) is 46.7 Å². The molecule has 2 fully saturated rings. The summed E-state index contributed by atoms with van der Waals surface area (Å²) in [5.74, 6) is -0.722. The lowest BCUT2D eigenvalue weighted by Crippen LogP contribution is -2.39. The minimum Gasteiger partial charge on any atom is -0.391 e. The van der Waals surface area contributed by atoms with Crippen molar-refractivity contribution in [3.05, 3.63) is 0 Å². The van der Waals surface area contributed by atoms with Gasteiger partial charge in [-0.25, -0.2) is 0 Å². The standard InChI is InChI=1S/C9H16O5/c1-4(10)6-5(11)7-8(12-6)14-9(2,3)13-7/h4-8,10-11H,1-3H3/t4-,5+,6+,7-,8+/m1/s1. The Bertz CT molecular complexity index is 225. The Kier molecular flexibility index (Phi) is 2.32. The molecule has 0 radical (unpaired) electrons. The Morgan fingerprint density at radius 2 is 1.93 bits per heavy atom. The van der Waals surface area contributed by atoms with E-state index in [1.165, 1.54) is 0 Å². The molecule has 2 N–H and O–H groups in total. The predicted octanol–water partition coefficient (Wildman–Crippen LogP) is -0.396. The summed E-state index contributed by atoms with van der Waals surface area (Å²) >= 11 is 0. The molecule has 14 heavy (non-hydrogen) atoms. The van der Waals surface area contributed by atoms with Gasteiger partial charge in [0, 0.05) is 0 Å². The van der Waals surface area contributed by atoms with Gasteiger partial charge in [0.2, 0.25) is 0 Å². The van der Waals surface area contributed by atoms with E-state index in [0.29, 0.717) is 0 Å². The molecule has 0 bridgehead atoms. The monoisotopic (exact) mass is 204 g/mol. The number of rotatable bonds is 1. The Morgan fingerprint density at radius 3 is 2.43 bits per heavy atom. The van der Waals surface area contributed by atoms with Crippen LogP contribution >= 0.6 is 0 Å². The van der Waals surface area contributed by atoms with Crippen LogP contribution in [-0.2, 0) is 14.2 Å². The maximum Gasteiger partial charge on any atom is 0.190 e. The van der Waals surface area contributed by atoms with E-state index in [4.69, 9.17) is 14.2 Å². The zero-order valence-electron chi connectivity index (χ0n) is 8.51. The van der Waals surface area contributed by atoms with Crippen molar-refractivity contribution in [1.29, 1.82) is 0 Å². The van der Waals surface area contributed by atoms with Crippen LogP contribution < -0.4 is 0 Å². The largest absolute Gasteiger partial charge is 0.391 e. The molecule has 0 aliphatic carbocycles. The third-order valence-electron chi connectivity index (χ3n) is 2.53. The van der Waals surface area contributed by atoms with Gasteiger partial charge in [0.15, 0.2) is 12.1 Å². The van der Waals surface area contributed by atoms with Gasteiger partial charge in [-0.3, -0.25) is 0 Å². The first-order valence-corrected chi connectivity index (χ1v) is 4.78. The minimum atomic E-state index is -0.832. The number of fused-ring (bicyclic) bond motifs is 1. The highest BCUT2D eigenvalue weighted by atomic mass is 16.8. The number of ether oxygens (including phenoxy) is 3. The third kappa shape index (κ3) is 1.55. The predicted molar refractivity (Wildman–Crippen MR) is 46.4 cm³/mol. The molecule has 2 heterocycles. The van der Waals surface area contributed by atoms with Gasteiger partial charge in [0.25, 0.3) is 0 Å². The topological polar surface area (TPSA) is 68.2 Å². The van der Waals surface area contributed by atoms with Crippen LogP contribution in [0.3, 0.4) is 0 Å². The Balaban J connectivity index is 2.08. The average molecular weight is 204 g/mol. The normalized spacial score (nSPS) is 47.8. The first-order valence-electron chi connectivity index (χ1n) is 4.78. The number of hydrogen-bond acceptors (Lipinski definition) is 5. The molecule has 0 aromatic heterocycles. The lowest BCUT2D eigenvalue weighted by molar-refractivity contribution is -0.224. The first kappa shape index (κ1) is 10.3. The Labute approximate surface area is 82.6 Å². The van der Waals surface area contributed by atoms with Gasteiger partial charge in [-0.05, 0) is 20.8 Å². The van der Waals surface area contributed by atoms with Crippen LogP contribution in [0.2, 0.25) is 0 Å². The lowest BCUT2D eigenvalue weighted by atomic mass is 10.1. The fourth-order valence-corrected chi connectivity index (χ4v) is 1.92. The second-order valence-electron chi connectivity index (χ2n) is 4.30. The van der Waals surface area contributed by atoms with Crippen molar-refractivity contribution in [3.8, 4) is 0 Å². The summed E-state index contributed by atoms with van der Waals surface area (Å²) in [4.78, 5) is 0. The zero-order valence-corrected chi connectivity index (χ0v) is 8.51. The molecule has 0 spiro atoms. The van der Waals surface area contributed by atoms with Gasteiger partial charge in [0.1, 0.15) is 18.3 Å². The third-order valence-corrected chi connectivity index (χ3v) is 2.53. The molecule has 2 aliphatic heterocycles. The maximum atomic E-state index is 9.77. The van der Waals surface area contributed by atoms with E-state index in [1.807, 2.05) is 0 Å². The Morgan fingerprint density at radius 1 is 1.29 bits per heavy atom. The maximum absolute atomic E-state index is 9.77. The van der Waals surface area contributed by atoms with Gasteiger partial charge in [-0.2, -0.15) is 0 Å². The molecule has 2 rings (SSSR count). The van der Waals surface area contributed by atoms with Crippen molar-refractivity contribution in [2.45, 2.75) is 57.3 Å². The van der Waals surface area contributed by atoms with E-state index in [1.54, 1.807) is 20.8 Å². The van der Waals surface area contributed by atoms with Crippen molar-refractivity contribution < 1.29 is 24.4 Å². The molecule has 5 heteroatoms. The second-order valence-corrected chi connectivity index (χ2v) is 4.30. The highest BCUT2D eigenvalue weighted by molar-refractivity contribution is 4.94. The van der Waals surface area contributed by atoms with Crippen LogP contribution in [0.1, 0.15) is 20.8 Å². The quantitative estimate of drug-likeness (QED) is 0.608. The number of hydrogen-bond donors (Lipinski definition) is 2. The molecule has 5 atom stereocenters. The highest BCUT2D eigenvalue weighted by Crippen LogP contribution is 2.37. The van der Waals surface area contributed by atoms with Gasteiger partial charge < -0.3 is 24.4 Å². The molecule has 0 aromatic rings. The SMILES string of the molecule is C[C@@H](O)[C@@H]1O[C@H]2OC(C)(C)O[C@@H]2[C@H]1O. The summed E-state index contributed by atoms with van der Waals surface area (Å²) in [6, 6.07) is 0. The van der Waals surface area contributed by atoms with Crippen LogP contribution in [0, 0.1) is 0 Å². The molecule has 82 valence electrons. The van der Waals surface area contributed by atoms with Gasteiger partial charge in [-0.15, -0.1) is 0 Å². The van der Waals surface area contributed by atoms with E-state index in [9.17, 15) is 10.2 Å². The van der Waals surface area contributed by atoms with E-state index in [2.05, 4.69) is 0 Å². The molecule has 0 saturated carbocycles. The van der Waals surface area contributed by atoms with Crippen LogP contribution in [0.5, 0.6) is 0 Å². The van der Waals surface area contributed by atoms with E-state index >= 15 is 0 Å². The van der Waals surface area contributed by atoms with Crippen molar-refractivity contribution in [2.24, 2.45) is 0 Å². The summed E-state index contributed by atoms with van der Waals surface area (Å²) < 4.78 is 16.2. The molecular formula is C9H16O5. The summed E-state index contributed by atoms with van der Waals surface area (Å²) in [5.41, 5.74) is 0. The highest BCUT2D eigenvalue weighted by Gasteiger charge is 2.55. The molecule has 2 aliphatic rings. The molecule has 0 amide bonds. The average Bonchev–Trinajstić information content (AvgIpc) is 2.46. The van der Waals surface area contributed by atoms with Crippen molar-refractivity contribution in [3.63, 3.8) is 0 Å². The molecular weight excluding hydrogens is 188 g/mol. The van der Waals surface area contributed by atoms with Crippen LogP contribution in [0.4, 0.5) is 0 Å². The lowest BCUT2D eigenvalue weighted by Gasteiger charge is -2.24. The summed E-state index contributed by atoms with van der Waals surface area (Å²) in [6.07, 6.45) is -3.25. The van der Waals surface area contributed by atoms with Crippen LogP contribution in [0.15, 0.2) is 0 Å². The molecule has 0 unspecified atom stereocenters. The van der Waals surface area contributed by atoms with Gasteiger partial charge >= 0.3 is 0 Å². The molecule has 5 nitrogen and oxygen atoms in total. The number of aliphatic hydroxyl groups is 2. The summed E-state index contributed by atoms with van der Waals surface area (Å²) in [7, 11) is 0. The van der Waals surface area contributed by atoms with E-state index < -0.39 is 36.5 Å². The second kappa shape index (κ2) is 3.15. The summed E-state index contributed by atoms with van der Waals surface area (Å²) in [6.45, 7) is 5.09. The van der Waals surface area contributed by atoms with Crippen molar-refractivity contribution >= 4 is 0 Å². The summed E-state index contributed by atoms with van der Waals surface area (Å²) in [5, 5.41) is 19.1. The zero-order chi connectivity index (χ0) is 10.5. The van der Waals surface area contributed by atoms with E-state index in [-0.39, 0.29) is 0 Å². The first-order chi connectivity index (χ1) is 6.41. The molecule has 2 saturated heterocycles. The van der Waals surface area contributed by atoms with Gasteiger partial charge in [-0.1, -0.05) is 0 Å².